The lowest BCUT2D eigenvalue weighted by molar-refractivity contribution is 0.0734. The van der Waals surface area contributed by atoms with Crippen LogP contribution in [0.15, 0.2) is 45.3 Å². The Morgan fingerprint density at radius 3 is 2.48 bits per heavy atom. The predicted molar refractivity (Wildman–Crippen MR) is 108 cm³/mol. The van der Waals surface area contributed by atoms with E-state index in [1.165, 1.54) is 12.8 Å². The molecular weight excluding hydrogens is 471 g/mol. The molecule has 0 heterocycles. The minimum absolute atomic E-state index is 0.322. The van der Waals surface area contributed by atoms with Crippen molar-refractivity contribution in [3.05, 3.63) is 55.9 Å². The van der Waals surface area contributed by atoms with Crippen LogP contribution in [0.1, 0.15) is 43.0 Å². The molecule has 0 spiro atoms. The van der Waals surface area contributed by atoms with Gasteiger partial charge in [0.15, 0.2) is 0 Å². The van der Waals surface area contributed by atoms with E-state index in [9.17, 15) is 4.79 Å². The molecule has 25 heavy (non-hydrogen) atoms. The molecule has 0 bridgehead atoms. The van der Waals surface area contributed by atoms with Crippen LogP contribution in [-0.4, -0.2) is 12.6 Å². The first-order chi connectivity index (χ1) is 12.0. The number of ether oxygens (including phenoxy) is 2. The predicted octanol–water partition coefficient (Wildman–Crippen LogP) is 7.04. The van der Waals surface area contributed by atoms with E-state index in [2.05, 4.69) is 38.8 Å². The third kappa shape index (κ3) is 6.32. The number of hydrogen-bond donors (Lipinski definition) is 0. The van der Waals surface area contributed by atoms with Gasteiger partial charge in [0, 0.05) is 4.47 Å². The maximum absolute atomic E-state index is 12.3. The zero-order chi connectivity index (χ0) is 18.2. The highest BCUT2D eigenvalue weighted by Gasteiger charge is 2.13. The number of esters is 1. The second kappa shape index (κ2) is 10.2. The molecule has 0 aliphatic carbocycles. The van der Waals surface area contributed by atoms with Crippen molar-refractivity contribution < 1.29 is 14.3 Å². The van der Waals surface area contributed by atoms with Crippen LogP contribution in [0.25, 0.3) is 0 Å². The molecule has 0 saturated carbocycles. The van der Waals surface area contributed by atoms with Crippen LogP contribution in [0.4, 0.5) is 0 Å². The molecule has 0 N–H and O–H groups in total. The summed E-state index contributed by atoms with van der Waals surface area (Å²) >= 11 is 12.8. The van der Waals surface area contributed by atoms with Gasteiger partial charge in [-0.2, -0.15) is 0 Å². The summed E-state index contributed by atoms with van der Waals surface area (Å²) in [5, 5.41) is 0.369. The van der Waals surface area contributed by atoms with E-state index >= 15 is 0 Å². The van der Waals surface area contributed by atoms with Crippen molar-refractivity contribution in [2.45, 2.75) is 32.6 Å². The van der Waals surface area contributed by atoms with Gasteiger partial charge >= 0.3 is 5.97 Å². The maximum Gasteiger partial charge on any atom is 0.343 e. The standard InChI is InChI=1S/C19H19Br2ClO3/c1-2-3-4-5-10-24-17-8-6-13(11-15(17)21)19(23)25-18-9-7-14(20)12-16(18)22/h6-9,11-12H,2-5,10H2,1H3. The van der Waals surface area contributed by atoms with Crippen molar-refractivity contribution in [2.24, 2.45) is 0 Å². The molecule has 134 valence electrons. The highest BCUT2D eigenvalue weighted by Crippen LogP contribution is 2.30. The molecule has 6 heteroatoms. The Bertz CT molecular complexity index is 735. The summed E-state index contributed by atoms with van der Waals surface area (Å²) in [7, 11) is 0. The maximum atomic E-state index is 12.3. The van der Waals surface area contributed by atoms with E-state index in [0.717, 1.165) is 27.5 Å². The number of halogens is 3. The van der Waals surface area contributed by atoms with E-state index in [-0.39, 0.29) is 0 Å². The van der Waals surface area contributed by atoms with Gasteiger partial charge < -0.3 is 9.47 Å². The molecule has 2 aromatic rings. The average molecular weight is 491 g/mol. The van der Waals surface area contributed by atoms with Gasteiger partial charge in [-0.1, -0.05) is 53.7 Å². The molecule has 0 unspecified atom stereocenters. The fraction of sp³-hybridized carbons (Fsp3) is 0.316. The monoisotopic (exact) mass is 488 g/mol. The molecule has 0 aliphatic rings. The molecule has 3 nitrogen and oxygen atoms in total. The second-order valence-corrected chi connectivity index (χ2v) is 7.70. The van der Waals surface area contributed by atoms with Crippen LogP contribution < -0.4 is 9.47 Å². The number of carbonyl (C=O) groups excluding carboxylic acids is 1. The van der Waals surface area contributed by atoms with Crippen LogP contribution in [0, 0.1) is 0 Å². The SMILES string of the molecule is CCCCCCOc1ccc(C(=O)Oc2ccc(Br)cc2Cl)cc1Br. The van der Waals surface area contributed by atoms with Crippen molar-refractivity contribution >= 4 is 49.4 Å². The fourth-order valence-corrected chi connectivity index (χ4v) is 3.38. The molecule has 0 aromatic heterocycles. The quantitative estimate of drug-likeness (QED) is 0.226. The fourth-order valence-electron chi connectivity index (χ4n) is 2.17. The molecule has 0 radical (unpaired) electrons. The van der Waals surface area contributed by atoms with E-state index in [4.69, 9.17) is 21.1 Å². The molecule has 0 amide bonds. The minimum Gasteiger partial charge on any atom is -0.492 e. The smallest absolute Gasteiger partial charge is 0.343 e. The third-order valence-electron chi connectivity index (χ3n) is 3.52. The van der Waals surface area contributed by atoms with Crippen LogP contribution in [0.3, 0.4) is 0 Å². The van der Waals surface area contributed by atoms with Gasteiger partial charge in [0.25, 0.3) is 0 Å². The molecular formula is C19H19Br2ClO3. The van der Waals surface area contributed by atoms with E-state index in [1.54, 1.807) is 36.4 Å². The Morgan fingerprint density at radius 1 is 1.04 bits per heavy atom. The van der Waals surface area contributed by atoms with E-state index in [0.29, 0.717) is 22.9 Å². The number of hydrogen-bond acceptors (Lipinski definition) is 3. The summed E-state index contributed by atoms with van der Waals surface area (Å²) in [6.07, 6.45) is 4.59. The Morgan fingerprint density at radius 2 is 1.80 bits per heavy atom. The Hall–Kier alpha value is -1.04. The van der Waals surface area contributed by atoms with Crippen molar-refractivity contribution in [3.63, 3.8) is 0 Å². The molecule has 0 saturated heterocycles. The van der Waals surface area contributed by atoms with Crippen LogP contribution in [0.2, 0.25) is 5.02 Å². The van der Waals surface area contributed by atoms with E-state index in [1.807, 2.05) is 0 Å². The number of carbonyl (C=O) groups is 1. The van der Waals surface area contributed by atoms with Crippen LogP contribution in [0.5, 0.6) is 11.5 Å². The van der Waals surface area contributed by atoms with Gasteiger partial charge in [0.1, 0.15) is 11.5 Å². The lowest BCUT2D eigenvalue weighted by Crippen LogP contribution is -2.09. The van der Waals surface area contributed by atoms with Crippen LogP contribution in [-0.2, 0) is 0 Å². The minimum atomic E-state index is -0.473. The largest absolute Gasteiger partial charge is 0.492 e. The first kappa shape index (κ1) is 20.3. The number of unbranched alkanes of at least 4 members (excludes halogenated alkanes) is 3. The summed E-state index contributed by atoms with van der Waals surface area (Å²) in [5.74, 6) is 0.566. The highest BCUT2D eigenvalue weighted by molar-refractivity contribution is 9.10. The molecule has 2 aromatic carbocycles. The van der Waals surface area contributed by atoms with Gasteiger partial charge in [-0.15, -0.1) is 0 Å². The lowest BCUT2D eigenvalue weighted by Gasteiger charge is -2.10. The summed E-state index contributed by atoms with van der Waals surface area (Å²) in [6.45, 7) is 2.84. The molecule has 0 aliphatic heterocycles. The second-order valence-electron chi connectivity index (χ2n) is 5.52. The number of benzene rings is 2. The van der Waals surface area contributed by atoms with Crippen molar-refractivity contribution in [2.75, 3.05) is 6.61 Å². The van der Waals surface area contributed by atoms with Gasteiger partial charge in [0.05, 0.1) is 21.7 Å². The van der Waals surface area contributed by atoms with Crippen LogP contribution >= 0.6 is 43.5 Å². The summed E-state index contributed by atoms with van der Waals surface area (Å²) in [4.78, 5) is 12.3. The zero-order valence-electron chi connectivity index (χ0n) is 13.9. The topological polar surface area (TPSA) is 35.5 Å². The Labute approximate surface area is 169 Å². The van der Waals surface area contributed by atoms with Gasteiger partial charge in [-0.25, -0.2) is 4.79 Å². The van der Waals surface area contributed by atoms with Crippen molar-refractivity contribution in [1.29, 1.82) is 0 Å². The van der Waals surface area contributed by atoms with Gasteiger partial charge in [0.2, 0.25) is 0 Å². The third-order valence-corrected chi connectivity index (χ3v) is 4.93. The van der Waals surface area contributed by atoms with E-state index < -0.39 is 5.97 Å². The summed E-state index contributed by atoms with van der Waals surface area (Å²) in [5.41, 5.74) is 0.421. The first-order valence-electron chi connectivity index (χ1n) is 8.11. The summed E-state index contributed by atoms with van der Waals surface area (Å²) < 4.78 is 12.6. The highest BCUT2D eigenvalue weighted by atomic mass is 79.9. The molecule has 2 rings (SSSR count). The number of rotatable bonds is 8. The first-order valence-corrected chi connectivity index (χ1v) is 10.1. The Kier molecular flexibility index (Phi) is 8.27. The van der Waals surface area contributed by atoms with Gasteiger partial charge in [-0.05, 0) is 58.7 Å². The molecule has 0 atom stereocenters. The van der Waals surface area contributed by atoms with Crippen molar-refractivity contribution in [3.8, 4) is 11.5 Å². The molecule has 0 fully saturated rings. The normalized spacial score (nSPS) is 10.6. The average Bonchev–Trinajstić information content (AvgIpc) is 2.58. The van der Waals surface area contributed by atoms with Crippen molar-refractivity contribution in [1.82, 2.24) is 0 Å². The lowest BCUT2D eigenvalue weighted by atomic mass is 10.2. The Balaban J connectivity index is 1.97. The summed E-state index contributed by atoms with van der Waals surface area (Å²) in [6, 6.07) is 10.2. The van der Waals surface area contributed by atoms with Gasteiger partial charge in [-0.3, -0.25) is 0 Å². The zero-order valence-corrected chi connectivity index (χ0v) is 17.8.